The van der Waals surface area contributed by atoms with Gasteiger partial charge in [-0.1, -0.05) is 6.92 Å². The van der Waals surface area contributed by atoms with Crippen molar-refractivity contribution in [1.29, 1.82) is 0 Å². The van der Waals surface area contributed by atoms with Crippen LogP contribution in [-0.2, 0) is 16.0 Å². The second-order valence-electron chi connectivity index (χ2n) is 5.63. The highest BCUT2D eigenvalue weighted by atomic mass is 19.1. The summed E-state index contributed by atoms with van der Waals surface area (Å²) < 4.78 is 24.1. The summed E-state index contributed by atoms with van der Waals surface area (Å²) in [5, 5.41) is 10.1. The van der Waals surface area contributed by atoms with Gasteiger partial charge in [0.1, 0.15) is 22.9 Å². The summed E-state index contributed by atoms with van der Waals surface area (Å²) in [6, 6.07) is 2.30. The number of ether oxygens (including phenoxy) is 1. The quantitative estimate of drug-likeness (QED) is 0.644. The monoisotopic (exact) mass is 322 g/mol. The van der Waals surface area contributed by atoms with E-state index in [2.05, 4.69) is 0 Å². The van der Waals surface area contributed by atoms with E-state index in [1.165, 1.54) is 6.07 Å². The molecule has 23 heavy (non-hydrogen) atoms. The van der Waals surface area contributed by atoms with Gasteiger partial charge in [-0.15, -0.1) is 0 Å². The number of carbonyl (C=O) groups is 2. The summed E-state index contributed by atoms with van der Waals surface area (Å²) in [5.74, 6) is -1.55. The Morgan fingerprint density at radius 3 is 2.83 bits per heavy atom. The van der Waals surface area contributed by atoms with Crippen molar-refractivity contribution in [2.24, 2.45) is 0 Å². The minimum atomic E-state index is -1.21. The van der Waals surface area contributed by atoms with E-state index in [4.69, 9.17) is 9.39 Å². The molecule has 1 atom stereocenters. The molecule has 0 radical (unpaired) electrons. The molecule has 0 saturated heterocycles. The average molecular weight is 322 g/mol. The predicted octanol–water partition coefficient (Wildman–Crippen LogP) is 2.55. The number of fused-ring (bicyclic) bond motifs is 1. The van der Waals surface area contributed by atoms with Gasteiger partial charge in [-0.25, -0.2) is 9.18 Å². The average Bonchev–Trinajstić information content (AvgIpc) is 2.48. The van der Waals surface area contributed by atoms with E-state index in [1.54, 1.807) is 6.92 Å². The molecule has 0 saturated carbocycles. The van der Waals surface area contributed by atoms with E-state index in [0.717, 1.165) is 12.5 Å². The highest BCUT2D eigenvalue weighted by Crippen LogP contribution is 2.37. The van der Waals surface area contributed by atoms with Crippen LogP contribution in [0.15, 0.2) is 12.1 Å². The smallest absolute Gasteiger partial charge is 0.526 e. The molecule has 0 amide bonds. The van der Waals surface area contributed by atoms with Gasteiger partial charge < -0.3 is 14.4 Å². The number of ketones is 1. The van der Waals surface area contributed by atoms with Crippen LogP contribution < -0.4 is 4.65 Å². The molecule has 0 unspecified atom stereocenters. The molecule has 0 aliphatic carbocycles. The Morgan fingerprint density at radius 1 is 1.43 bits per heavy atom. The number of rotatable bonds is 6. The fraction of sp³-hybridized carbons (Fsp3) is 0.500. The van der Waals surface area contributed by atoms with Gasteiger partial charge in [0.2, 0.25) is 0 Å². The summed E-state index contributed by atoms with van der Waals surface area (Å²) in [7, 11) is -1.21. The summed E-state index contributed by atoms with van der Waals surface area (Å²) in [4.78, 5) is 23.7. The lowest BCUT2D eigenvalue weighted by molar-refractivity contribution is -0.119. The lowest BCUT2D eigenvalue weighted by atomic mass is 9.64. The first-order valence-corrected chi connectivity index (χ1v) is 7.82. The molecule has 2 rings (SSSR count). The van der Waals surface area contributed by atoms with Crippen LogP contribution in [0.2, 0.25) is 5.82 Å². The normalized spacial score (nSPS) is 16.5. The third-order valence-electron chi connectivity index (χ3n) is 3.77. The zero-order valence-electron chi connectivity index (χ0n) is 13.3. The Kier molecular flexibility index (Phi) is 5.77. The number of carbonyl (C=O) groups excluding carboxylic acids is 2. The number of Topliss-reactive ketones (excluding diaryl/α,β-unsaturated/α-hetero) is 1. The maximum absolute atomic E-state index is 13.8. The van der Waals surface area contributed by atoms with E-state index < -0.39 is 24.7 Å². The summed E-state index contributed by atoms with van der Waals surface area (Å²) >= 11 is 0. The third-order valence-corrected chi connectivity index (χ3v) is 3.77. The number of halogens is 1. The van der Waals surface area contributed by atoms with E-state index in [0.29, 0.717) is 12.0 Å². The molecule has 1 heterocycles. The lowest BCUT2D eigenvalue weighted by Gasteiger charge is -2.28. The molecule has 7 heteroatoms. The summed E-state index contributed by atoms with van der Waals surface area (Å²) in [6.07, 6.45) is 1.61. The highest BCUT2D eigenvalue weighted by Gasteiger charge is 2.38. The van der Waals surface area contributed by atoms with Gasteiger partial charge in [0.25, 0.3) is 0 Å². The Labute approximate surface area is 134 Å². The molecular weight excluding hydrogens is 302 g/mol. The van der Waals surface area contributed by atoms with Gasteiger partial charge in [0.05, 0.1) is 6.61 Å². The molecule has 1 N–H and O–H groups in total. The molecule has 1 aromatic rings. The Bertz CT molecular complexity index is 604. The second kappa shape index (κ2) is 7.59. The Balaban J connectivity index is 2.26. The van der Waals surface area contributed by atoms with Crippen LogP contribution in [0.4, 0.5) is 4.39 Å². The minimum Gasteiger partial charge on any atom is -0.535 e. The van der Waals surface area contributed by atoms with Crippen molar-refractivity contribution in [3.8, 4) is 5.75 Å². The number of esters is 1. The van der Waals surface area contributed by atoms with Crippen LogP contribution in [0.5, 0.6) is 5.75 Å². The van der Waals surface area contributed by atoms with Gasteiger partial charge in [0, 0.05) is 18.7 Å². The molecule has 1 aliphatic rings. The molecular formula is C16H20BFO5. The molecule has 0 spiro atoms. The van der Waals surface area contributed by atoms with Crippen LogP contribution in [0.3, 0.4) is 0 Å². The SMILES string of the molecule is CCCC(=O)C[C@H]1Cc2cc(F)cc(C(=O)OCC)c2OB1O. The van der Waals surface area contributed by atoms with Gasteiger partial charge in [-0.3, -0.25) is 4.79 Å². The van der Waals surface area contributed by atoms with E-state index in [9.17, 15) is 19.0 Å². The minimum absolute atomic E-state index is 0.0330. The molecule has 5 nitrogen and oxygen atoms in total. The highest BCUT2D eigenvalue weighted by molar-refractivity contribution is 6.47. The van der Waals surface area contributed by atoms with Crippen LogP contribution in [0.25, 0.3) is 0 Å². The first-order valence-electron chi connectivity index (χ1n) is 7.82. The van der Waals surface area contributed by atoms with Crippen LogP contribution in [-0.4, -0.2) is 30.5 Å². The molecule has 1 aliphatic heterocycles. The molecule has 1 aromatic carbocycles. The second-order valence-corrected chi connectivity index (χ2v) is 5.63. The van der Waals surface area contributed by atoms with Crippen molar-refractivity contribution in [2.75, 3.05) is 6.61 Å². The predicted molar refractivity (Wildman–Crippen MR) is 82.9 cm³/mol. The van der Waals surface area contributed by atoms with Gasteiger partial charge in [-0.05, 0) is 37.5 Å². The molecule has 0 aromatic heterocycles. The van der Waals surface area contributed by atoms with Crippen molar-refractivity contribution in [3.63, 3.8) is 0 Å². The summed E-state index contributed by atoms with van der Waals surface area (Å²) in [6.45, 7) is 3.71. The number of hydrogen-bond acceptors (Lipinski definition) is 5. The standard InChI is InChI=1S/C16H20BFO5/c1-3-5-13(19)8-11-6-10-7-12(18)9-14(16(20)22-4-2)15(10)23-17(11)21/h7,9,11,21H,3-6,8H2,1-2H3/t11-/m1/s1. The fourth-order valence-corrected chi connectivity index (χ4v) is 2.75. The topological polar surface area (TPSA) is 72.8 Å². The Hall–Kier alpha value is -1.89. The van der Waals surface area contributed by atoms with Crippen molar-refractivity contribution in [3.05, 3.63) is 29.1 Å². The maximum Gasteiger partial charge on any atom is 0.526 e. The molecule has 0 fully saturated rings. The van der Waals surface area contributed by atoms with Crippen molar-refractivity contribution >= 4 is 18.9 Å². The van der Waals surface area contributed by atoms with Crippen molar-refractivity contribution < 1.29 is 28.4 Å². The van der Waals surface area contributed by atoms with Crippen LogP contribution >= 0.6 is 0 Å². The van der Waals surface area contributed by atoms with Gasteiger partial charge in [0.15, 0.2) is 0 Å². The van der Waals surface area contributed by atoms with E-state index >= 15 is 0 Å². The van der Waals surface area contributed by atoms with E-state index in [1.807, 2.05) is 6.92 Å². The summed E-state index contributed by atoms with van der Waals surface area (Å²) in [5.41, 5.74) is 0.423. The van der Waals surface area contributed by atoms with Crippen LogP contribution in [0, 0.1) is 5.82 Å². The van der Waals surface area contributed by atoms with Gasteiger partial charge in [-0.2, -0.15) is 0 Å². The van der Waals surface area contributed by atoms with Crippen LogP contribution in [0.1, 0.15) is 49.0 Å². The zero-order chi connectivity index (χ0) is 17.0. The van der Waals surface area contributed by atoms with E-state index in [-0.39, 0.29) is 36.5 Å². The molecule has 0 bridgehead atoms. The van der Waals surface area contributed by atoms with Crippen molar-refractivity contribution in [1.82, 2.24) is 0 Å². The number of hydrogen-bond donors (Lipinski definition) is 1. The largest absolute Gasteiger partial charge is 0.535 e. The maximum atomic E-state index is 13.8. The Morgan fingerprint density at radius 2 is 2.17 bits per heavy atom. The first kappa shape index (κ1) is 17.5. The molecule has 124 valence electrons. The zero-order valence-corrected chi connectivity index (χ0v) is 13.3. The first-order chi connectivity index (χ1) is 11.0. The number of benzene rings is 1. The van der Waals surface area contributed by atoms with Crippen molar-refractivity contribution in [2.45, 2.75) is 45.3 Å². The lowest BCUT2D eigenvalue weighted by Crippen LogP contribution is -2.36. The third kappa shape index (κ3) is 4.10. The van der Waals surface area contributed by atoms with Gasteiger partial charge >= 0.3 is 13.1 Å². The fourth-order valence-electron chi connectivity index (χ4n) is 2.75.